The molecule has 6 fully saturated rings. The van der Waals surface area contributed by atoms with Gasteiger partial charge in [-0.2, -0.15) is 0 Å². The molecule has 4 aliphatic carbocycles. The maximum absolute atomic E-state index is 15.2. The van der Waals surface area contributed by atoms with Crippen molar-refractivity contribution in [2.75, 3.05) is 53.4 Å². The summed E-state index contributed by atoms with van der Waals surface area (Å²) in [5.74, 6) is -1.34. The first-order chi connectivity index (χ1) is 46.0. The van der Waals surface area contributed by atoms with Crippen LogP contribution in [0.15, 0.2) is 109 Å². The molecule has 2 aliphatic heterocycles. The summed E-state index contributed by atoms with van der Waals surface area (Å²) in [4.78, 5) is 126. The van der Waals surface area contributed by atoms with Gasteiger partial charge in [0.15, 0.2) is 0 Å². The van der Waals surface area contributed by atoms with Crippen molar-refractivity contribution in [3.63, 3.8) is 0 Å². The lowest BCUT2D eigenvalue weighted by molar-refractivity contribution is -0.140. The molecule has 0 spiro atoms. The van der Waals surface area contributed by atoms with E-state index in [1.807, 2.05) is 105 Å². The Balaban J connectivity index is 0.832. The van der Waals surface area contributed by atoms with E-state index in [1.54, 1.807) is 55.6 Å². The molecule has 0 bridgehead atoms. The van der Waals surface area contributed by atoms with Crippen molar-refractivity contribution in [1.82, 2.24) is 40.0 Å². The van der Waals surface area contributed by atoms with Gasteiger partial charge in [-0.05, 0) is 202 Å². The number of rotatable bonds is 25. The maximum atomic E-state index is 15.2. The molecule has 18 nitrogen and oxygen atoms in total. The van der Waals surface area contributed by atoms with Crippen LogP contribution in [-0.4, -0.2) is 178 Å². The molecule has 2 N–H and O–H groups in total. The monoisotopic (exact) mass is 1310 g/mol. The number of carbonyl (C=O) groups is 8. The highest BCUT2D eigenvalue weighted by molar-refractivity contribution is 5.97. The van der Waals surface area contributed by atoms with Gasteiger partial charge in [0.1, 0.15) is 35.4 Å². The Morgan fingerprint density at radius 3 is 1.10 bits per heavy atom. The fraction of sp³-hybridized carbons (Fsp3) is 0.590. The first-order valence-electron chi connectivity index (χ1n) is 36.0. The second kappa shape index (κ2) is 32.1. The van der Waals surface area contributed by atoms with Crippen LogP contribution in [0.3, 0.4) is 0 Å². The molecule has 0 aromatic heterocycles. The minimum atomic E-state index is -0.764. The Morgan fingerprint density at radius 2 is 0.781 bits per heavy atom. The van der Waals surface area contributed by atoms with Crippen LogP contribution in [0, 0.1) is 23.7 Å². The smallest absolute Gasteiger partial charge is 0.410 e. The van der Waals surface area contributed by atoms with Gasteiger partial charge in [0.2, 0.25) is 23.6 Å². The van der Waals surface area contributed by atoms with Gasteiger partial charge in [-0.25, -0.2) is 9.59 Å². The predicted octanol–water partition coefficient (Wildman–Crippen LogP) is 12.1. The van der Waals surface area contributed by atoms with Gasteiger partial charge in [0.25, 0.3) is 11.8 Å². The average molecular weight is 1320 g/mol. The largest absolute Gasteiger partial charge is 0.444 e. The number of amides is 8. The lowest BCUT2D eigenvalue weighted by Crippen LogP contribution is -2.59. The Labute approximate surface area is 569 Å². The third-order valence-corrected chi connectivity index (χ3v) is 20.6. The molecule has 6 atom stereocenters. The normalized spacial score (nSPS) is 19.9. The van der Waals surface area contributed by atoms with E-state index >= 15 is 9.59 Å². The molecular formula is C78H106N8O10. The molecule has 4 saturated carbocycles. The summed E-state index contributed by atoms with van der Waals surface area (Å²) in [7, 11) is 3.23. The Hall–Kier alpha value is -7.76. The highest BCUT2D eigenvalue weighted by atomic mass is 16.6. The van der Waals surface area contributed by atoms with Crippen molar-refractivity contribution < 1.29 is 47.8 Å². The average Bonchev–Trinajstić information content (AvgIpc) is 1.67. The van der Waals surface area contributed by atoms with E-state index in [0.717, 1.165) is 125 Å². The lowest BCUT2D eigenvalue weighted by atomic mass is 9.83. The predicted molar refractivity (Wildman–Crippen MR) is 371 cm³/mol. The number of nitrogens with one attached hydrogen (secondary N) is 2. The topological polar surface area (TPSA) is 199 Å². The van der Waals surface area contributed by atoms with E-state index in [0.29, 0.717) is 76.1 Å². The summed E-state index contributed by atoms with van der Waals surface area (Å²) in [5, 5.41) is 6.47. The molecule has 96 heavy (non-hydrogen) atoms. The number of hydrogen-bond donors (Lipinski definition) is 2. The Bertz CT molecular complexity index is 3080. The van der Waals surface area contributed by atoms with E-state index in [9.17, 15) is 28.8 Å². The van der Waals surface area contributed by atoms with Crippen LogP contribution in [0.4, 0.5) is 9.59 Å². The third kappa shape index (κ3) is 18.9. The van der Waals surface area contributed by atoms with E-state index < -0.39 is 47.6 Å². The van der Waals surface area contributed by atoms with E-state index in [4.69, 9.17) is 9.47 Å². The maximum Gasteiger partial charge on any atom is 0.410 e. The van der Waals surface area contributed by atoms with Crippen LogP contribution in [0.2, 0.25) is 0 Å². The van der Waals surface area contributed by atoms with Crippen LogP contribution >= 0.6 is 0 Å². The first-order valence-corrected chi connectivity index (χ1v) is 36.0. The summed E-state index contributed by atoms with van der Waals surface area (Å²) >= 11 is 0. The SMILES string of the molecule is CN(C(=O)OC(C)(C)C)[C@H](C(=O)N[C@H](C(=O)N1CCC[C@H]1CN(CCc1ccccc1)C(=O)c1ccc(-c2ccc(C(=O)N(CCc3ccccc3)C[C@@H]3CCCN3C(=O)[C@@H](NC(=O)[C@H](C3CC3)N(C)C(=O)OC(C)(C)C)C3CCCCC3)cc2)cc1)C1CCCCC1)C1CC1. The minimum absolute atomic E-state index is 0.0158. The molecular weight excluding hydrogens is 1210 g/mol. The molecule has 8 amide bonds. The molecule has 0 radical (unpaired) electrons. The number of nitrogens with zero attached hydrogens (tertiary/aromatic N) is 6. The zero-order valence-corrected chi connectivity index (χ0v) is 58.3. The van der Waals surface area contributed by atoms with Gasteiger partial charge in [-0.15, -0.1) is 0 Å². The molecule has 2 saturated heterocycles. The van der Waals surface area contributed by atoms with Gasteiger partial charge in [0, 0.05) is 76.6 Å². The highest BCUT2D eigenvalue weighted by Gasteiger charge is 2.48. The lowest BCUT2D eigenvalue weighted by Gasteiger charge is -2.38. The van der Waals surface area contributed by atoms with Crippen LogP contribution < -0.4 is 10.6 Å². The Morgan fingerprint density at radius 1 is 0.438 bits per heavy atom. The molecule has 6 aliphatic rings. The van der Waals surface area contributed by atoms with Crippen LogP contribution in [0.25, 0.3) is 11.1 Å². The molecule has 4 aromatic rings. The van der Waals surface area contributed by atoms with Crippen molar-refractivity contribution in [3.8, 4) is 11.1 Å². The van der Waals surface area contributed by atoms with Crippen molar-refractivity contribution in [2.24, 2.45) is 23.7 Å². The van der Waals surface area contributed by atoms with Gasteiger partial charge in [-0.1, -0.05) is 123 Å². The fourth-order valence-electron chi connectivity index (χ4n) is 15.1. The number of likely N-dealkylation sites (N-methyl/N-ethyl adjacent to an activating group) is 2. The zero-order valence-electron chi connectivity index (χ0n) is 58.3. The third-order valence-electron chi connectivity index (χ3n) is 20.6. The van der Waals surface area contributed by atoms with E-state index in [2.05, 4.69) is 34.9 Å². The number of hydrogen-bond acceptors (Lipinski definition) is 10. The molecule has 4 aromatic carbocycles. The summed E-state index contributed by atoms with van der Waals surface area (Å²) in [5.41, 5.74) is 3.46. The number of ether oxygens (including phenoxy) is 2. The van der Waals surface area contributed by atoms with Gasteiger partial charge >= 0.3 is 12.2 Å². The molecule has 518 valence electrons. The van der Waals surface area contributed by atoms with E-state index in [-0.39, 0.29) is 71.2 Å². The Kier molecular flexibility index (Phi) is 23.7. The van der Waals surface area contributed by atoms with Gasteiger partial charge in [0.05, 0.1) is 0 Å². The van der Waals surface area contributed by atoms with Gasteiger partial charge < -0.3 is 39.7 Å². The van der Waals surface area contributed by atoms with Crippen LogP contribution in [0.5, 0.6) is 0 Å². The molecule has 18 heteroatoms. The fourth-order valence-corrected chi connectivity index (χ4v) is 15.1. The molecule has 2 heterocycles. The summed E-state index contributed by atoms with van der Waals surface area (Å²) in [6.45, 7) is 13.3. The number of likely N-dealkylation sites (tertiary alicyclic amines) is 2. The zero-order chi connectivity index (χ0) is 68.3. The highest BCUT2D eigenvalue weighted by Crippen LogP contribution is 2.39. The first kappa shape index (κ1) is 71.0. The minimum Gasteiger partial charge on any atom is -0.444 e. The van der Waals surface area contributed by atoms with Gasteiger partial charge in [-0.3, -0.25) is 38.6 Å². The molecule has 0 unspecified atom stereocenters. The summed E-state index contributed by atoms with van der Waals surface area (Å²) in [6, 6.07) is 31.7. The van der Waals surface area contributed by atoms with Crippen LogP contribution in [-0.2, 0) is 41.5 Å². The van der Waals surface area contributed by atoms with Crippen molar-refractivity contribution in [3.05, 3.63) is 131 Å². The van der Waals surface area contributed by atoms with Crippen LogP contribution in [0.1, 0.15) is 189 Å². The van der Waals surface area contributed by atoms with Crippen molar-refractivity contribution >= 4 is 47.6 Å². The second-order valence-corrected chi connectivity index (χ2v) is 30.3. The van der Waals surface area contributed by atoms with Crippen molar-refractivity contribution in [1.29, 1.82) is 0 Å². The number of carbonyl (C=O) groups excluding carboxylic acids is 8. The standard InChI is InChI=1S/C78H106N8O10/c1-77(2,3)95-75(93)81(7)67(59-37-38-59)69(87)79-65(57-27-17-11-18-28-57)73(91)85-47-21-31-63(85)51-83(49-45-53-23-13-9-14-24-53)71(89)61-41-33-55(34-42-61)56-35-43-62(44-36-56)72(90)84(50-46-54-25-15-10-16-26-54)52-64-32-22-48-86(64)74(92)66(58-29-19-12-20-30-58)80-70(88)68(60-39-40-60)82(8)76(94)96-78(4,5)6/h9-10,13-16,23-26,33-36,41-44,57-60,63-68H,11-12,17-22,27-32,37-40,45-52H2,1-8H3,(H,79,87)(H,80,88)/t63-,64-,65-,66-,67-,68-/m0/s1. The summed E-state index contributed by atoms with van der Waals surface area (Å²) < 4.78 is 11.4. The van der Waals surface area contributed by atoms with E-state index in [1.165, 1.54) is 9.80 Å². The molecule has 10 rings (SSSR count). The van der Waals surface area contributed by atoms with Crippen molar-refractivity contribution in [2.45, 2.75) is 217 Å². The summed E-state index contributed by atoms with van der Waals surface area (Å²) in [6.07, 6.45) is 15.6. The quantitative estimate of drug-likeness (QED) is 0.0644. The second-order valence-electron chi connectivity index (χ2n) is 30.3. The number of benzene rings is 4.